The van der Waals surface area contributed by atoms with E-state index in [2.05, 4.69) is 31.3 Å². The molecule has 0 aliphatic heterocycles. The van der Waals surface area contributed by atoms with Gasteiger partial charge in [-0.3, -0.25) is 4.79 Å². The average molecular weight is 322 g/mol. The summed E-state index contributed by atoms with van der Waals surface area (Å²) in [6, 6.07) is 10.9. The van der Waals surface area contributed by atoms with Crippen LogP contribution in [0.15, 0.2) is 36.4 Å². The Morgan fingerprint density at radius 1 is 1.05 bits per heavy atom. The van der Waals surface area contributed by atoms with E-state index in [-0.39, 0.29) is 11.9 Å². The van der Waals surface area contributed by atoms with Gasteiger partial charge in [-0.2, -0.15) is 0 Å². The summed E-state index contributed by atoms with van der Waals surface area (Å²) in [4.78, 5) is 12.3. The Bertz CT molecular complexity index is 682. The minimum atomic E-state index is -0.206. The van der Waals surface area contributed by atoms with Gasteiger partial charge in [0, 0.05) is 5.02 Å². The molecule has 2 aromatic carbocycles. The van der Waals surface area contributed by atoms with Crippen molar-refractivity contribution < 1.29 is 4.79 Å². The monoisotopic (exact) mass is 321 g/mol. The number of nitrogens with one attached hydrogen (secondary N) is 1. The highest BCUT2D eigenvalue weighted by molar-refractivity contribution is 6.36. The van der Waals surface area contributed by atoms with Crippen molar-refractivity contribution in [2.75, 3.05) is 0 Å². The van der Waals surface area contributed by atoms with Crippen LogP contribution in [0.4, 0.5) is 0 Å². The van der Waals surface area contributed by atoms with Crippen molar-refractivity contribution in [2.45, 2.75) is 26.8 Å². The van der Waals surface area contributed by atoms with Gasteiger partial charge < -0.3 is 5.32 Å². The molecule has 0 saturated carbocycles. The Morgan fingerprint density at radius 2 is 1.76 bits per heavy atom. The lowest BCUT2D eigenvalue weighted by atomic mass is 10.0. The van der Waals surface area contributed by atoms with Crippen LogP contribution in [0.2, 0.25) is 10.0 Å². The average Bonchev–Trinajstić information content (AvgIpc) is 2.41. The van der Waals surface area contributed by atoms with Crippen LogP contribution in [-0.4, -0.2) is 5.91 Å². The first-order chi connectivity index (χ1) is 9.88. The SMILES string of the molecule is Cc1ccc([C@@H](C)NC(=O)c2ccc(Cl)cc2Cl)cc1C. The zero-order chi connectivity index (χ0) is 15.6. The summed E-state index contributed by atoms with van der Waals surface area (Å²) in [5, 5.41) is 3.82. The van der Waals surface area contributed by atoms with Crippen molar-refractivity contribution in [2.24, 2.45) is 0 Å². The van der Waals surface area contributed by atoms with Gasteiger partial charge in [0.15, 0.2) is 0 Å². The summed E-state index contributed by atoms with van der Waals surface area (Å²) in [5.41, 5.74) is 3.93. The lowest BCUT2D eigenvalue weighted by molar-refractivity contribution is 0.0940. The van der Waals surface area contributed by atoms with Crippen LogP contribution in [0.5, 0.6) is 0 Å². The number of rotatable bonds is 3. The van der Waals surface area contributed by atoms with Crippen molar-refractivity contribution >= 4 is 29.1 Å². The Kier molecular flexibility index (Phi) is 4.92. The number of amides is 1. The van der Waals surface area contributed by atoms with E-state index in [9.17, 15) is 4.79 Å². The molecule has 0 saturated heterocycles. The number of halogens is 2. The fourth-order valence-electron chi connectivity index (χ4n) is 2.07. The Morgan fingerprint density at radius 3 is 2.38 bits per heavy atom. The van der Waals surface area contributed by atoms with Gasteiger partial charge in [0.2, 0.25) is 0 Å². The van der Waals surface area contributed by atoms with E-state index in [0.29, 0.717) is 15.6 Å². The van der Waals surface area contributed by atoms with E-state index in [1.807, 2.05) is 13.0 Å². The summed E-state index contributed by atoms with van der Waals surface area (Å²) in [6.07, 6.45) is 0. The van der Waals surface area contributed by atoms with Crippen molar-refractivity contribution in [3.8, 4) is 0 Å². The fourth-order valence-corrected chi connectivity index (χ4v) is 2.56. The van der Waals surface area contributed by atoms with Gasteiger partial charge in [-0.05, 0) is 55.7 Å². The largest absolute Gasteiger partial charge is 0.345 e. The summed E-state index contributed by atoms with van der Waals surface area (Å²) >= 11 is 11.9. The highest BCUT2D eigenvalue weighted by Gasteiger charge is 2.14. The predicted molar refractivity (Wildman–Crippen MR) is 88.3 cm³/mol. The fraction of sp³-hybridized carbons (Fsp3) is 0.235. The molecule has 0 bridgehead atoms. The first-order valence-corrected chi connectivity index (χ1v) is 7.47. The topological polar surface area (TPSA) is 29.1 Å². The van der Waals surface area contributed by atoms with E-state index in [0.717, 1.165) is 5.56 Å². The van der Waals surface area contributed by atoms with Gasteiger partial charge in [-0.25, -0.2) is 0 Å². The number of carbonyl (C=O) groups is 1. The van der Waals surface area contributed by atoms with Crippen LogP contribution in [0, 0.1) is 13.8 Å². The molecule has 2 rings (SSSR count). The van der Waals surface area contributed by atoms with Crippen LogP contribution >= 0.6 is 23.2 Å². The Hall–Kier alpha value is -1.51. The third kappa shape index (κ3) is 3.78. The molecule has 1 amide bonds. The molecular formula is C17H17Cl2NO. The zero-order valence-corrected chi connectivity index (χ0v) is 13.7. The number of carbonyl (C=O) groups excluding carboxylic acids is 1. The van der Waals surface area contributed by atoms with Crippen LogP contribution < -0.4 is 5.32 Å². The molecule has 0 aromatic heterocycles. The third-order valence-electron chi connectivity index (χ3n) is 3.55. The second-order valence-electron chi connectivity index (χ2n) is 5.16. The van der Waals surface area contributed by atoms with E-state index >= 15 is 0 Å². The van der Waals surface area contributed by atoms with Crippen LogP contribution in [0.3, 0.4) is 0 Å². The minimum absolute atomic E-state index is 0.0939. The van der Waals surface area contributed by atoms with Crippen LogP contribution in [0.25, 0.3) is 0 Å². The number of hydrogen-bond acceptors (Lipinski definition) is 1. The zero-order valence-electron chi connectivity index (χ0n) is 12.2. The van der Waals surface area contributed by atoms with Gasteiger partial charge in [-0.1, -0.05) is 41.4 Å². The van der Waals surface area contributed by atoms with Gasteiger partial charge in [0.05, 0.1) is 16.6 Å². The third-order valence-corrected chi connectivity index (χ3v) is 4.10. The smallest absolute Gasteiger partial charge is 0.253 e. The molecule has 4 heteroatoms. The van der Waals surface area contributed by atoms with Crippen molar-refractivity contribution in [1.82, 2.24) is 5.32 Å². The molecule has 1 atom stereocenters. The first kappa shape index (κ1) is 15.9. The summed E-state index contributed by atoms with van der Waals surface area (Å²) in [7, 11) is 0. The van der Waals surface area contributed by atoms with Crippen molar-refractivity contribution in [3.05, 3.63) is 68.7 Å². The lowest BCUT2D eigenvalue weighted by Gasteiger charge is -2.16. The number of benzene rings is 2. The summed E-state index contributed by atoms with van der Waals surface area (Å²) in [5.74, 6) is -0.206. The van der Waals surface area contributed by atoms with E-state index in [1.54, 1.807) is 18.2 Å². The predicted octanol–water partition coefficient (Wildman–Crippen LogP) is 5.10. The van der Waals surface area contributed by atoms with E-state index < -0.39 is 0 Å². The van der Waals surface area contributed by atoms with Gasteiger partial charge in [0.1, 0.15) is 0 Å². The van der Waals surface area contributed by atoms with Crippen molar-refractivity contribution in [1.29, 1.82) is 0 Å². The van der Waals surface area contributed by atoms with E-state index in [1.165, 1.54) is 11.1 Å². The molecule has 0 radical (unpaired) electrons. The lowest BCUT2D eigenvalue weighted by Crippen LogP contribution is -2.27. The molecule has 0 fully saturated rings. The Labute approximate surface area is 135 Å². The minimum Gasteiger partial charge on any atom is -0.345 e. The molecule has 0 aliphatic carbocycles. The van der Waals surface area contributed by atoms with Crippen LogP contribution in [-0.2, 0) is 0 Å². The highest BCUT2D eigenvalue weighted by atomic mass is 35.5. The summed E-state index contributed by atoms with van der Waals surface area (Å²) in [6.45, 7) is 6.07. The van der Waals surface area contributed by atoms with Gasteiger partial charge in [-0.15, -0.1) is 0 Å². The summed E-state index contributed by atoms with van der Waals surface area (Å²) < 4.78 is 0. The molecule has 0 unspecified atom stereocenters. The molecule has 0 aliphatic rings. The molecule has 0 heterocycles. The molecule has 110 valence electrons. The number of aryl methyl sites for hydroxylation is 2. The van der Waals surface area contributed by atoms with Crippen molar-refractivity contribution in [3.63, 3.8) is 0 Å². The number of hydrogen-bond donors (Lipinski definition) is 1. The molecule has 2 nitrogen and oxygen atoms in total. The second kappa shape index (κ2) is 6.50. The molecule has 0 spiro atoms. The maximum atomic E-state index is 12.3. The normalized spacial score (nSPS) is 12.0. The maximum absolute atomic E-state index is 12.3. The highest BCUT2D eigenvalue weighted by Crippen LogP contribution is 2.22. The quantitative estimate of drug-likeness (QED) is 0.837. The standard InChI is InChI=1S/C17H17Cl2NO/c1-10-4-5-13(8-11(10)2)12(3)20-17(21)15-7-6-14(18)9-16(15)19/h4-9,12H,1-3H3,(H,20,21)/t12-/m1/s1. The van der Waals surface area contributed by atoms with Gasteiger partial charge >= 0.3 is 0 Å². The maximum Gasteiger partial charge on any atom is 0.253 e. The first-order valence-electron chi connectivity index (χ1n) is 6.71. The van der Waals surface area contributed by atoms with Gasteiger partial charge in [0.25, 0.3) is 5.91 Å². The van der Waals surface area contributed by atoms with E-state index in [4.69, 9.17) is 23.2 Å². The molecular weight excluding hydrogens is 305 g/mol. The molecule has 2 aromatic rings. The Balaban J connectivity index is 2.16. The second-order valence-corrected chi connectivity index (χ2v) is 6.01. The van der Waals surface area contributed by atoms with Crippen LogP contribution in [0.1, 0.15) is 40.0 Å². The molecule has 21 heavy (non-hydrogen) atoms. The molecule has 1 N–H and O–H groups in total.